The fraction of sp³-hybridized carbons (Fsp3) is 0.622. The van der Waals surface area contributed by atoms with Gasteiger partial charge in [0.1, 0.15) is 88.4 Å². The Labute approximate surface area is 290 Å². The van der Waals surface area contributed by atoms with Gasteiger partial charge in [0.05, 0.1) is 0 Å². The Balaban J connectivity index is 1.29. The lowest BCUT2D eigenvalue weighted by atomic mass is 9.78. The standard InChI is InChI=1S/C37H56N4O8/c1-27(42)35(46)38-40(19-7-5-8-20-40)23-31(44)25-48-33-15-11-29(12-16-33)37(3,4)30-13-17-34(18-14-30)49-26-32(45)24-41(21-9-6-10-22-41)39-36(47)28(2)43/h11-18,27-28,31-32,42-45H,5-10,19-26H2,1-4H3/p+2. The van der Waals surface area contributed by atoms with Gasteiger partial charge in [-0.3, -0.25) is 9.59 Å². The first-order valence-corrected chi connectivity index (χ1v) is 17.8. The van der Waals surface area contributed by atoms with E-state index in [0.29, 0.717) is 50.8 Å². The summed E-state index contributed by atoms with van der Waals surface area (Å²) in [7, 11) is 0. The summed E-state index contributed by atoms with van der Waals surface area (Å²) in [6.07, 6.45) is 2.12. The molecule has 0 saturated carbocycles. The van der Waals surface area contributed by atoms with Gasteiger partial charge in [0, 0.05) is 5.41 Å². The molecule has 2 aromatic rings. The second-order valence-corrected chi connectivity index (χ2v) is 14.6. The maximum absolute atomic E-state index is 12.3. The molecule has 2 saturated heterocycles. The average molecular weight is 687 g/mol. The first kappa shape index (κ1) is 38.5. The molecular formula is C37H58N4O8+2. The molecule has 4 unspecified atom stereocenters. The summed E-state index contributed by atoms with van der Waals surface area (Å²) in [4.78, 5) is 24.5. The molecule has 2 heterocycles. The number of hydrogen-bond acceptors (Lipinski definition) is 8. The largest absolute Gasteiger partial charge is 0.491 e. The van der Waals surface area contributed by atoms with Crippen molar-refractivity contribution in [2.24, 2.45) is 0 Å². The molecule has 0 aromatic heterocycles. The molecular weight excluding hydrogens is 628 g/mol. The maximum Gasteiger partial charge on any atom is 0.293 e. The zero-order valence-electron chi connectivity index (χ0n) is 29.6. The van der Waals surface area contributed by atoms with Gasteiger partial charge in [0.25, 0.3) is 11.8 Å². The van der Waals surface area contributed by atoms with E-state index in [1.54, 1.807) is 0 Å². The third kappa shape index (κ3) is 10.9. The van der Waals surface area contributed by atoms with Crippen LogP contribution >= 0.6 is 0 Å². The molecule has 0 spiro atoms. The van der Waals surface area contributed by atoms with Gasteiger partial charge < -0.3 is 29.9 Å². The summed E-state index contributed by atoms with van der Waals surface area (Å²) in [6.45, 7) is 10.8. The molecule has 0 bridgehead atoms. The Morgan fingerprint density at radius 2 is 0.959 bits per heavy atom. The number of carbonyl (C=O) groups is 2. The SMILES string of the molecule is CC(O)C(=O)N[N+]1(CC(O)COc2ccc(C(C)(C)c3ccc(OCC(O)C[N+]4(NC(=O)C(C)O)CCCCC4)cc3)cc2)CCCCC1. The number of aliphatic hydroxyl groups excluding tert-OH is 4. The molecule has 0 aliphatic carbocycles. The predicted octanol–water partition coefficient (Wildman–Crippen LogP) is 2.32. The van der Waals surface area contributed by atoms with Gasteiger partial charge in [-0.15, -0.1) is 0 Å². The number of piperidine rings is 2. The van der Waals surface area contributed by atoms with Gasteiger partial charge in [-0.25, -0.2) is 9.18 Å². The molecule has 4 rings (SSSR count). The third-order valence-corrected chi connectivity index (χ3v) is 9.96. The summed E-state index contributed by atoms with van der Waals surface area (Å²) in [5.41, 5.74) is 7.71. The average Bonchev–Trinajstić information content (AvgIpc) is 3.07. The van der Waals surface area contributed by atoms with Crippen LogP contribution in [0.1, 0.15) is 77.3 Å². The van der Waals surface area contributed by atoms with Crippen LogP contribution in [0.5, 0.6) is 11.5 Å². The maximum atomic E-state index is 12.3. The van der Waals surface area contributed by atoms with Gasteiger partial charge in [0.15, 0.2) is 0 Å². The second-order valence-electron chi connectivity index (χ2n) is 14.6. The van der Waals surface area contributed by atoms with E-state index in [1.165, 1.54) is 13.8 Å². The van der Waals surface area contributed by atoms with Crippen molar-refractivity contribution >= 4 is 11.8 Å². The Kier molecular flexibility index (Phi) is 13.5. The number of benzene rings is 2. The van der Waals surface area contributed by atoms with E-state index in [1.807, 2.05) is 48.5 Å². The molecule has 2 aliphatic heterocycles. The molecule has 12 nitrogen and oxygen atoms in total. The summed E-state index contributed by atoms with van der Waals surface area (Å²) >= 11 is 0. The van der Waals surface area contributed by atoms with Crippen LogP contribution in [0.15, 0.2) is 48.5 Å². The molecule has 4 atom stereocenters. The zero-order valence-corrected chi connectivity index (χ0v) is 29.6. The fourth-order valence-corrected chi connectivity index (χ4v) is 6.97. The first-order valence-electron chi connectivity index (χ1n) is 17.8. The number of likely N-dealkylation sites (tertiary alicyclic amines) is 2. The minimum absolute atomic E-state index is 0.0833. The van der Waals surface area contributed by atoms with Gasteiger partial charge >= 0.3 is 0 Å². The highest BCUT2D eigenvalue weighted by atomic mass is 16.5. The lowest BCUT2D eigenvalue weighted by Crippen LogP contribution is -2.66. The van der Waals surface area contributed by atoms with E-state index in [0.717, 1.165) is 49.7 Å². The normalized spacial score (nSPS) is 19.9. The van der Waals surface area contributed by atoms with Crippen LogP contribution in [0.25, 0.3) is 0 Å². The molecule has 2 aromatic carbocycles. The number of nitrogens with zero attached hydrogens (tertiary/aromatic N) is 2. The number of quaternary nitrogens is 2. The minimum Gasteiger partial charge on any atom is -0.491 e. The van der Waals surface area contributed by atoms with E-state index in [-0.39, 0.29) is 27.8 Å². The molecule has 6 N–H and O–H groups in total. The molecule has 2 fully saturated rings. The number of carbonyl (C=O) groups excluding carboxylic acids is 2. The summed E-state index contributed by atoms with van der Waals surface area (Å²) in [6, 6.07) is 15.6. The second kappa shape index (κ2) is 17.1. The molecule has 272 valence electrons. The quantitative estimate of drug-likeness (QED) is 0.147. The van der Waals surface area contributed by atoms with Crippen molar-refractivity contribution in [1.82, 2.24) is 10.9 Å². The smallest absolute Gasteiger partial charge is 0.293 e. The number of amides is 2. The first-order chi connectivity index (χ1) is 23.2. The van der Waals surface area contributed by atoms with Crippen molar-refractivity contribution in [3.05, 3.63) is 59.7 Å². The number of aliphatic hydroxyl groups is 4. The minimum atomic E-state index is -1.11. The molecule has 2 amide bonds. The lowest BCUT2D eigenvalue weighted by molar-refractivity contribution is -0.967. The zero-order chi connectivity index (χ0) is 35.7. The highest BCUT2D eigenvalue weighted by Gasteiger charge is 2.37. The number of ether oxygens (including phenoxy) is 2. The Bertz CT molecular complexity index is 1240. The van der Waals surface area contributed by atoms with Crippen LogP contribution in [0.2, 0.25) is 0 Å². The topological polar surface area (TPSA) is 158 Å². The molecule has 12 heteroatoms. The monoisotopic (exact) mass is 686 g/mol. The van der Waals surface area contributed by atoms with Crippen LogP contribution < -0.4 is 20.3 Å². The van der Waals surface area contributed by atoms with Crippen LogP contribution in [0.4, 0.5) is 0 Å². The number of rotatable bonds is 16. The van der Waals surface area contributed by atoms with Crippen molar-refractivity contribution in [2.45, 2.75) is 96.1 Å². The van der Waals surface area contributed by atoms with Crippen molar-refractivity contribution in [2.75, 3.05) is 52.5 Å². The lowest BCUT2D eigenvalue weighted by Gasteiger charge is -2.41. The number of hydrogen-bond donors (Lipinski definition) is 6. The summed E-state index contributed by atoms with van der Waals surface area (Å²) in [5, 5.41) is 41.1. The van der Waals surface area contributed by atoms with E-state index in [9.17, 15) is 30.0 Å². The predicted molar refractivity (Wildman–Crippen MR) is 185 cm³/mol. The van der Waals surface area contributed by atoms with Gasteiger partial charge in [-0.1, -0.05) is 38.1 Å². The summed E-state index contributed by atoms with van der Waals surface area (Å²) < 4.78 is 12.4. The van der Waals surface area contributed by atoms with Crippen molar-refractivity contribution in [3.8, 4) is 11.5 Å². The van der Waals surface area contributed by atoms with Gasteiger partial charge in [0.2, 0.25) is 0 Å². The molecule has 2 aliphatic rings. The van der Waals surface area contributed by atoms with Crippen molar-refractivity contribution < 1.29 is 48.7 Å². The van der Waals surface area contributed by atoms with Crippen molar-refractivity contribution in [1.29, 1.82) is 0 Å². The Morgan fingerprint density at radius 1 is 0.633 bits per heavy atom. The highest BCUT2D eigenvalue weighted by molar-refractivity contribution is 5.79. The number of nitrogens with one attached hydrogen (secondary N) is 2. The van der Waals surface area contributed by atoms with Crippen LogP contribution in [-0.2, 0) is 15.0 Å². The van der Waals surface area contributed by atoms with E-state index < -0.39 is 36.2 Å². The van der Waals surface area contributed by atoms with Crippen LogP contribution in [0, 0.1) is 0 Å². The van der Waals surface area contributed by atoms with E-state index in [2.05, 4.69) is 24.7 Å². The third-order valence-electron chi connectivity index (χ3n) is 9.96. The van der Waals surface area contributed by atoms with E-state index >= 15 is 0 Å². The van der Waals surface area contributed by atoms with Gasteiger partial charge in [-0.05, 0) is 87.8 Å². The van der Waals surface area contributed by atoms with E-state index in [4.69, 9.17) is 9.47 Å². The molecule has 49 heavy (non-hydrogen) atoms. The van der Waals surface area contributed by atoms with Gasteiger partial charge in [-0.2, -0.15) is 10.9 Å². The van der Waals surface area contributed by atoms with Crippen LogP contribution in [0.3, 0.4) is 0 Å². The Hall–Kier alpha value is -3.26. The molecule has 0 radical (unpaired) electrons. The highest BCUT2D eigenvalue weighted by Crippen LogP contribution is 2.33. The van der Waals surface area contributed by atoms with Crippen molar-refractivity contribution in [3.63, 3.8) is 0 Å². The fourth-order valence-electron chi connectivity index (χ4n) is 6.97. The van der Waals surface area contributed by atoms with Crippen LogP contribution in [-0.4, -0.2) is 118 Å². The Morgan fingerprint density at radius 3 is 1.27 bits per heavy atom. The summed E-state index contributed by atoms with van der Waals surface area (Å²) in [5.74, 6) is 0.403.